The molecule has 0 fully saturated rings. The number of nitro groups is 2. The van der Waals surface area contributed by atoms with Gasteiger partial charge in [-0.3, -0.25) is 20.2 Å². The third-order valence-corrected chi connectivity index (χ3v) is 4.83. The van der Waals surface area contributed by atoms with Gasteiger partial charge < -0.3 is 4.74 Å². The summed E-state index contributed by atoms with van der Waals surface area (Å²) in [5, 5.41) is 27.3. The van der Waals surface area contributed by atoms with Gasteiger partial charge in [-0.2, -0.15) is 5.10 Å². The maximum Gasteiger partial charge on any atom is 0.277 e. The van der Waals surface area contributed by atoms with Crippen LogP contribution in [-0.2, 0) is 6.54 Å². The van der Waals surface area contributed by atoms with Crippen LogP contribution in [-0.4, -0.2) is 31.2 Å². The summed E-state index contributed by atoms with van der Waals surface area (Å²) < 4.78 is 7.67. The molecule has 4 rings (SSSR count). The van der Waals surface area contributed by atoms with Crippen LogP contribution in [0.1, 0.15) is 0 Å². The molecule has 0 saturated heterocycles. The normalized spacial score (nSPS) is 10.6. The standard InChI is InChI=1S/C22H17N5O5/c28-26(29)20-10-3-1-6-16(20)18-8-5-9-19(17-7-2-4-11-21(17)27(30)31)22(18)32-13-12-25-15-23-14-24-25/h1-11,14-15H,12-13H2. The van der Waals surface area contributed by atoms with Crippen LogP contribution in [0.3, 0.4) is 0 Å². The molecule has 0 amide bonds. The summed E-state index contributed by atoms with van der Waals surface area (Å²) in [5.74, 6) is 0.316. The van der Waals surface area contributed by atoms with Crippen molar-refractivity contribution < 1.29 is 14.6 Å². The lowest BCUT2D eigenvalue weighted by Crippen LogP contribution is -2.10. The highest BCUT2D eigenvalue weighted by Gasteiger charge is 2.23. The largest absolute Gasteiger partial charge is 0.490 e. The van der Waals surface area contributed by atoms with E-state index >= 15 is 0 Å². The first-order chi connectivity index (χ1) is 15.6. The molecule has 0 aliphatic heterocycles. The fourth-order valence-corrected chi connectivity index (χ4v) is 3.43. The number of ether oxygens (including phenoxy) is 1. The lowest BCUT2D eigenvalue weighted by atomic mass is 9.95. The highest BCUT2D eigenvalue weighted by molar-refractivity contribution is 5.88. The molecule has 0 saturated carbocycles. The summed E-state index contributed by atoms with van der Waals surface area (Å²) in [6.45, 7) is 0.552. The molecule has 0 aliphatic rings. The fraction of sp³-hybridized carbons (Fsp3) is 0.0909. The summed E-state index contributed by atoms with van der Waals surface area (Å²) in [4.78, 5) is 26.2. The Balaban J connectivity index is 1.86. The number of aromatic nitrogens is 3. The highest BCUT2D eigenvalue weighted by atomic mass is 16.6. The lowest BCUT2D eigenvalue weighted by Gasteiger charge is -2.17. The van der Waals surface area contributed by atoms with E-state index in [9.17, 15) is 20.2 Å². The van der Waals surface area contributed by atoms with Gasteiger partial charge in [0, 0.05) is 23.3 Å². The molecule has 10 nitrogen and oxygen atoms in total. The van der Waals surface area contributed by atoms with E-state index in [4.69, 9.17) is 4.74 Å². The summed E-state index contributed by atoms with van der Waals surface area (Å²) in [6, 6.07) is 17.7. The molecule has 0 bridgehead atoms. The van der Waals surface area contributed by atoms with Gasteiger partial charge in [0.15, 0.2) is 0 Å². The minimum atomic E-state index is -0.466. The van der Waals surface area contributed by atoms with Gasteiger partial charge in [-0.25, -0.2) is 9.67 Å². The van der Waals surface area contributed by atoms with E-state index in [-0.39, 0.29) is 18.0 Å². The van der Waals surface area contributed by atoms with Crippen LogP contribution in [0.2, 0.25) is 0 Å². The first-order valence-corrected chi connectivity index (χ1v) is 9.62. The Morgan fingerprint density at radius 2 is 1.31 bits per heavy atom. The third-order valence-electron chi connectivity index (χ3n) is 4.83. The molecule has 0 aliphatic carbocycles. The van der Waals surface area contributed by atoms with Crippen molar-refractivity contribution in [1.29, 1.82) is 0 Å². The zero-order valence-electron chi connectivity index (χ0n) is 16.7. The topological polar surface area (TPSA) is 126 Å². The second-order valence-electron chi connectivity index (χ2n) is 6.74. The minimum Gasteiger partial charge on any atom is -0.490 e. The van der Waals surface area contributed by atoms with Crippen LogP contribution in [0.15, 0.2) is 79.4 Å². The van der Waals surface area contributed by atoms with Crippen LogP contribution < -0.4 is 4.74 Å². The Hall–Kier alpha value is -4.60. The Labute approximate surface area is 182 Å². The first kappa shape index (κ1) is 20.7. The van der Waals surface area contributed by atoms with E-state index in [0.29, 0.717) is 34.5 Å². The predicted octanol–water partition coefficient (Wildman–Crippen LogP) is 4.51. The number of nitro benzene ring substituents is 2. The molecule has 0 atom stereocenters. The van der Waals surface area contributed by atoms with Crippen LogP contribution >= 0.6 is 0 Å². The second kappa shape index (κ2) is 9.04. The molecule has 1 heterocycles. The maximum absolute atomic E-state index is 11.6. The number of rotatable bonds is 8. The number of hydrogen-bond acceptors (Lipinski definition) is 7. The lowest BCUT2D eigenvalue weighted by molar-refractivity contribution is -0.384. The van der Waals surface area contributed by atoms with Gasteiger partial charge >= 0.3 is 0 Å². The van der Waals surface area contributed by atoms with Gasteiger partial charge in [0.05, 0.1) is 27.5 Å². The molecule has 3 aromatic carbocycles. The van der Waals surface area contributed by atoms with E-state index < -0.39 is 9.85 Å². The van der Waals surface area contributed by atoms with Crippen molar-refractivity contribution in [3.63, 3.8) is 0 Å². The Bertz CT molecular complexity index is 1200. The van der Waals surface area contributed by atoms with Crippen LogP contribution in [0.25, 0.3) is 22.3 Å². The van der Waals surface area contributed by atoms with Gasteiger partial charge in [-0.15, -0.1) is 0 Å². The zero-order valence-corrected chi connectivity index (χ0v) is 16.7. The molecule has 0 unspecified atom stereocenters. The van der Waals surface area contributed by atoms with Crippen molar-refractivity contribution in [3.05, 3.63) is 99.6 Å². The van der Waals surface area contributed by atoms with Crippen molar-refractivity contribution in [1.82, 2.24) is 14.8 Å². The number of nitrogens with zero attached hydrogens (tertiary/aromatic N) is 5. The molecule has 32 heavy (non-hydrogen) atoms. The number of hydrogen-bond donors (Lipinski definition) is 0. The van der Waals surface area contributed by atoms with Gasteiger partial charge in [-0.1, -0.05) is 42.5 Å². The molecule has 0 N–H and O–H groups in total. The number of benzene rings is 3. The van der Waals surface area contributed by atoms with E-state index in [1.165, 1.54) is 18.5 Å². The average molecular weight is 431 g/mol. The quantitative estimate of drug-likeness (QED) is 0.297. The number of para-hydroxylation sites is 3. The van der Waals surface area contributed by atoms with Crippen LogP contribution in [0, 0.1) is 20.2 Å². The van der Waals surface area contributed by atoms with Crippen molar-refractivity contribution in [2.45, 2.75) is 6.54 Å². The van der Waals surface area contributed by atoms with E-state index in [1.807, 2.05) is 0 Å². The molecule has 0 radical (unpaired) electrons. The fourth-order valence-electron chi connectivity index (χ4n) is 3.43. The Morgan fingerprint density at radius 1 is 0.781 bits per heavy atom. The smallest absolute Gasteiger partial charge is 0.277 e. The molecule has 160 valence electrons. The van der Waals surface area contributed by atoms with Crippen LogP contribution in [0.5, 0.6) is 5.75 Å². The van der Waals surface area contributed by atoms with E-state index in [1.54, 1.807) is 65.6 Å². The van der Waals surface area contributed by atoms with Gasteiger partial charge in [0.25, 0.3) is 11.4 Å². The minimum absolute atomic E-state index is 0.0895. The van der Waals surface area contributed by atoms with Gasteiger partial charge in [0.1, 0.15) is 25.0 Å². The maximum atomic E-state index is 11.6. The zero-order chi connectivity index (χ0) is 22.5. The SMILES string of the molecule is O=[N+]([O-])c1ccccc1-c1cccc(-c2ccccc2[N+](=O)[O-])c1OCCn1cncn1. The molecule has 1 aromatic heterocycles. The highest BCUT2D eigenvalue weighted by Crippen LogP contribution is 2.44. The Kier molecular flexibility index (Phi) is 5.84. The molecule has 0 spiro atoms. The third kappa shape index (κ3) is 4.15. The molecular formula is C22H17N5O5. The summed E-state index contributed by atoms with van der Waals surface area (Å²) in [7, 11) is 0. The van der Waals surface area contributed by atoms with E-state index in [0.717, 1.165) is 0 Å². The summed E-state index contributed by atoms with van der Waals surface area (Å²) in [5.41, 5.74) is 1.46. The van der Waals surface area contributed by atoms with Crippen molar-refractivity contribution in [2.24, 2.45) is 0 Å². The summed E-state index contributed by atoms with van der Waals surface area (Å²) in [6.07, 6.45) is 2.94. The average Bonchev–Trinajstić information content (AvgIpc) is 3.32. The molecule has 10 heteroatoms. The van der Waals surface area contributed by atoms with Crippen molar-refractivity contribution in [2.75, 3.05) is 6.61 Å². The van der Waals surface area contributed by atoms with E-state index in [2.05, 4.69) is 10.1 Å². The van der Waals surface area contributed by atoms with Crippen LogP contribution in [0.4, 0.5) is 11.4 Å². The molecule has 4 aromatic rings. The molecular weight excluding hydrogens is 414 g/mol. The Morgan fingerprint density at radius 3 is 1.81 bits per heavy atom. The predicted molar refractivity (Wildman–Crippen MR) is 116 cm³/mol. The first-order valence-electron chi connectivity index (χ1n) is 9.62. The summed E-state index contributed by atoms with van der Waals surface area (Å²) >= 11 is 0. The monoisotopic (exact) mass is 431 g/mol. The van der Waals surface area contributed by atoms with Gasteiger partial charge in [-0.05, 0) is 12.1 Å². The second-order valence-corrected chi connectivity index (χ2v) is 6.74. The van der Waals surface area contributed by atoms with Gasteiger partial charge in [0.2, 0.25) is 0 Å². The van der Waals surface area contributed by atoms with Crippen molar-refractivity contribution in [3.8, 4) is 28.0 Å². The van der Waals surface area contributed by atoms with Crippen molar-refractivity contribution >= 4 is 11.4 Å².